The number of aliphatic carboxylic acids is 1. The van der Waals surface area contributed by atoms with Gasteiger partial charge < -0.3 is 5.11 Å². The van der Waals surface area contributed by atoms with Crippen molar-refractivity contribution in [1.82, 2.24) is 0 Å². The third-order valence-corrected chi connectivity index (χ3v) is 3.47. The molecule has 1 N–H and O–H groups in total. The molecule has 0 fully saturated rings. The van der Waals surface area contributed by atoms with E-state index >= 15 is 0 Å². The van der Waals surface area contributed by atoms with Gasteiger partial charge in [-0.2, -0.15) is 0 Å². The lowest BCUT2D eigenvalue weighted by Gasteiger charge is -2.01. The summed E-state index contributed by atoms with van der Waals surface area (Å²) in [6, 6.07) is 28.1. The fraction of sp³-hybridized carbons (Fsp3) is 0. The van der Waals surface area contributed by atoms with Crippen LogP contribution in [0, 0.1) is 0 Å². The first-order chi connectivity index (χ1) is 12.2. The van der Waals surface area contributed by atoms with Gasteiger partial charge in [-0.15, -0.1) is 0 Å². The molecule has 0 aliphatic rings. The molecule has 0 saturated heterocycles. The molecular weight excluding hydrogens is 308 g/mol. The van der Waals surface area contributed by atoms with Crippen LogP contribution >= 0.6 is 0 Å². The van der Waals surface area contributed by atoms with Crippen LogP contribution in [0.1, 0.15) is 11.1 Å². The van der Waals surface area contributed by atoms with E-state index in [1.807, 2.05) is 42.5 Å². The van der Waals surface area contributed by atoms with E-state index in [2.05, 4.69) is 55.1 Å². The maximum absolute atomic E-state index is 10.1. The summed E-state index contributed by atoms with van der Waals surface area (Å²) in [5.41, 5.74) is 4.55. The van der Waals surface area contributed by atoms with Crippen molar-refractivity contribution < 1.29 is 9.90 Å². The highest BCUT2D eigenvalue weighted by molar-refractivity contribution is 5.85. The molecule has 124 valence electrons. The van der Waals surface area contributed by atoms with E-state index in [1.165, 1.54) is 11.1 Å². The Hall–Kier alpha value is -3.39. The van der Waals surface area contributed by atoms with Crippen molar-refractivity contribution in [2.45, 2.75) is 0 Å². The highest BCUT2D eigenvalue weighted by Gasteiger charge is 1.94. The van der Waals surface area contributed by atoms with E-state index in [9.17, 15) is 4.79 Å². The summed E-state index contributed by atoms with van der Waals surface area (Å²) in [6.07, 6.45) is 4.53. The van der Waals surface area contributed by atoms with Gasteiger partial charge in [0.1, 0.15) is 0 Å². The molecule has 3 aromatic rings. The van der Waals surface area contributed by atoms with Gasteiger partial charge in [-0.1, -0.05) is 97.6 Å². The Labute approximate surface area is 148 Å². The molecule has 0 atom stereocenters. The number of carboxylic acid groups (broad SMARTS) is 1. The van der Waals surface area contributed by atoms with E-state index in [1.54, 1.807) is 6.08 Å². The number of benzene rings is 3. The van der Waals surface area contributed by atoms with Gasteiger partial charge in [0.25, 0.3) is 0 Å². The zero-order valence-electron chi connectivity index (χ0n) is 13.9. The Morgan fingerprint density at radius 2 is 1.24 bits per heavy atom. The summed E-state index contributed by atoms with van der Waals surface area (Å²) in [5, 5.41) is 8.29. The Kier molecular flexibility index (Phi) is 6.95. The lowest BCUT2D eigenvalue weighted by molar-refractivity contribution is -0.131. The Morgan fingerprint density at radius 3 is 1.76 bits per heavy atom. The van der Waals surface area contributed by atoms with Crippen LogP contribution in [0.3, 0.4) is 0 Å². The molecule has 0 amide bonds. The highest BCUT2D eigenvalue weighted by Crippen LogP contribution is 2.19. The van der Waals surface area contributed by atoms with E-state index in [0.717, 1.165) is 17.2 Å². The number of rotatable bonds is 4. The first-order valence-corrected chi connectivity index (χ1v) is 7.93. The van der Waals surface area contributed by atoms with Crippen LogP contribution in [0.2, 0.25) is 0 Å². The molecule has 0 radical (unpaired) electrons. The van der Waals surface area contributed by atoms with Gasteiger partial charge in [0.05, 0.1) is 0 Å². The minimum Gasteiger partial charge on any atom is -0.478 e. The van der Waals surface area contributed by atoms with Gasteiger partial charge in [0.2, 0.25) is 0 Å². The molecule has 2 heteroatoms. The SMILES string of the molecule is C=Cc1ccc(-c2ccccc2)cc1.O=C(O)C=Cc1ccccc1. The Morgan fingerprint density at radius 1 is 0.720 bits per heavy atom. The number of hydrogen-bond donors (Lipinski definition) is 1. The minimum atomic E-state index is -0.922. The van der Waals surface area contributed by atoms with Crippen molar-refractivity contribution >= 4 is 18.1 Å². The average Bonchev–Trinajstić information content (AvgIpc) is 2.68. The van der Waals surface area contributed by atoms with Crippen LogP contribution in [-0.4, -0.2) is 11.1 Å². The van der Waals surface area contributed by atoms with Gasteiger partial charge in [-0.3, -0.25) is 0 Å². The molecule has 0 heterocycles. The predicted octanol–water partition coefficient (Wildman–Crippen LogP) is 5.78. The molecule has 0 aliphatic heterocycles. The summed E-state index contributed by atoms with van der Waals surface area (Å²) in [5.74, 6) is -0.922. The molecule has 3 rings (SSSR count). The topological polar surface area (TPSA) is 37.3 Å². The normalized spacial score (nSPS) is 9.92. The van der Waals surface area contributed by atoms with Crippen molar-refractivity contribution in [2.24, 2.45) is 0 Å². The van der Waals surface area contributed by atoms with Gasteiger partial charge in [0.15, 0.2) is 0 Å². The molecule has 0 spiro atoms. The molecule has 0 unspecified atom stereocenters. The van der Waals surface area contributed by atoms with Crippen molar-refractivity contribution in [3.8, 4) is 11.1 Å². The molecule has 2 nitrogen and oxygen atoms in total. The number of hydrogen-bond acceptors (Lipinski definition) is 1. The van der Waals surface area contributed by atoms with Crippen LogP contribution < -0.4 is 0 Å². The summed E-state index contributed by atoms with van der Waals surface area (Å²) in [7, 11) is 0. The predicted molar refractivity (Wildman–Crippen MR) is 105 cm³/mol. The standard InChI is InChI=1S/C14H12.C9H8O2/c1-2-12-8-10-14(11-9-12)13-6-4-3-5-7-13;10-9(11)7-6-8-4-2-1-3-5-8/h2-11H,1H2;1-7H,(H,10,11). The highest BCUT2D eigenvalue weighted by atomic mass is 16.4. The molecule has 0 aliphatic carbocycles. The van der Waals surface area contributed by atoms with Gasteiger partial charge in [0, 0.05) is 6.08 Å². The maximum atomic E-state index is 10.1. The summed E-state index contributed by atoms with van der Waals surface area (Å²) in [6.45, 7) is 3.73. The van der Waals surface area contributed by atoms with Crippen LogP contribution in [0.4, 0.5) is 0 Å². The lowest BCUT2D eigenvalue weighted by atomic mass is 10.0. The fourth-order valence-electron chi connectivity index (χ4n) is 2.17. The summed E-state index contributed by atoms with van der Waals surface area (Å²) < 4.78 is 0. The van der Waals surface area contributed by atoms with E-state index in [0.29, 0.717) is 0 Å². The largest absolute Gasteiger partial charge is 0.478 e. The maximum Gasteiger partial charge on any atom is 0.328 e. The zero-order valence-corrected chi connectivity index (χ0v) is 13.9. The third-order valence-electron chi connectivity index (χ3n) is 3.47. The smallest absolute Gasteiger partial charge is 0.328 e. The van der Waals surface area contributed by atoms with Gasteiger partial charge >= 0.3 is 5.97 Å². The zero-order chi connectivity index (χ0) is 17.9. The van der Waals surface area contributed by atoms with Crippen molar-refractivity contribution in [1.29, 1.82) is 0 Å². The average molecular weight is 328 g/mol. The van der Waals surface area contributed by atoms with Crippen molar-refractivity contribution in [3.05, 3.63) is 109 Å². The second-order valence-electron chi connectivity index (χ2n) is 5.27. The minimum absolute atomic E-state index is 0.898. The molecule has 3 aromatic carbocycles. The first-order valence-electron chi connectivity index (χ1n) is 7.93. The monoisotopic (exact) mass is 328 g/mol. The number of carbonyl (C=O) groups is 1. The van der Waals surface area contributed by atoms with E-state index < -0.39 is 5.97 Å². The molecule has 0 saturated carbocycles. The summed E-state index contributed by atoms with van der Waals surface area (Å²) >= 11 is 0. The van der Waals surface area contributed by atoms with Gasteiger partial charge in [-0.05, 0) is 28.3 Å². The van der Waals surface area contributed by atoms with Crippen molar-refractivity contribution in [3.63, 3.8) is 0 Å². The van der Waals surface area contributed by atoms with Crippen LogP contribution in [0.15, 0.2) is 97.6 Å². The van der Waals surface area contributed by atoms with Crippen LogP contribution in [0.5, 0.6) is 0 Å². The lowest BCUT2D eigenvalue weighted by Crippen LogP contribution is -1.85. The van der Waals surface area contributed by atoms with E-state index in [4.69, 9.17) is 5.11 Å². The van der Waals surface area contributed by atoms with Crippen LogP contribution in [-0.2, 0) is 4.79 Å². The van der Waals surface area contributed by atoms with Crippen molar-refractivity contribution in [2.75, 3.05) is 0 Å². The second kappa shape index (κ2) is 9.68. The fourth-order valence-corrected chi connectivity index (χ4v) is 2.17. The molecule has 0 aromatic heterocycles. The number of carboxylic acids is 1. The molecular formula is C23H20O2. The summed E-state index contributed by atoms with van der Waals surface area (Å²) in [4.78, 5) is 10.1. The third kappa shape index (κ3) is 6.32. The van der Waals surface area contributed by atoms with Crippen LogP contribution in [0.25, 0.3) is 23.3 Å². The molecule has 0 bridgehead atoms. The first kappa shape index (κ1) is 18.0. The quantitative estimate of drug-likeness (QED) is 0.616. The second-order valence-corrected chi connectivity index (χ2v) is 5.27. The molecule has 25 heavy (non-hydrogen) atoms. The van der Waals surface area contributed by atoms with E-state index in [-0.39, 0.29) is 0 Å². The Balaban J connectivity index is 0.000000186. The Bertz CT molecular complexity index is 817. The van der Waals surface area contributed by atoms with Gasteiger partial charge in [-0.25, -0.2) is 4.79 Å².